The molecule has 0 radical (unpaired) electrons. The van der Waals surface area contributed by atoms with Gasteiger partial charge < -0.3 is 4.74 Å². The van der Waals surface area contributed by atoms with Crippen molar-refractivity contribution in [1.82, 2.24) is 0 Å². The van der Waals surface area contributed by atoms with Gasteiger partial charge in [0.15, 0.2) is 0 Å². The summed E-state index contributed by atoms with van der Waals surface area (Å²) < 4.78 is 5.89. The third-order valence-corrected chi connectivity index (χ3v) is 3.38. The molecule has 0 amide bonds. The average Bonchev–Trinajstić information content (AvgIpc) is 2.34. The summed E-state index contributed by atoms with van der Waals surface area (Å²) >= 11 is 6.09. The van der Waals surface area contributed by atoms with Crippen molar-refractivity contribution in [3.8, 4) is 5.75 Å². The van der Waals surface area contributed by atoms with Crippen molar-refractivity contribution in [3.05, 3.63) is 40.9 Å². The maximum atomic E-state index is 10.6. The molecule has 2 rings (SSSR count). The van der Waals surface area contributed by atoms with Crippen molar-refractivity contribution in [2.45, 2.75) is 38.2 Å². The molecule has 1 atom stereocenters. The van der Waals surface area contributed by atoms with Crippen molar-refractivity contribution >= 4 is 17.9 Å². The summed E-state index contributed by atoms with van der Waals surface area (Å²) in [4.78, 5) is 10.6. The molecule has 0 aliphatic heterocycles. The first-order valence-electron chi connectivity index (χ1n) is 6.37. The van der Waals surface area contributed by atoms with Gasteiger partial charge >= 0.3 is 0 Å². The summed E-state index contributed by atoms with van der Waals surface area (Å²) in [7, 11) is 0. The van der Waals surface area contributed by atoms with E-state index in [1.54, 1.807) is 18.2 Å². The van der Waals surface area contributed by atoms with Gasteiger partial charge in [-0.25, -0.2) is 0 Å². The van der Waals surface area contributed by atoms with Crippen molar-refractivity contribution in [2.75, 3.05) is 0 Å². The molecule has 3 heteroatoms. The zero-order valence-corrected chi connectivity index (χ0v) is 11.0. The summed E-state index contributed by atoms with van der Waals surface area (Å²) in [6.07, 6.45) is 11.0. The fraction of sp³-hybridized carbons (Fsp3) is 0.400. The monoisotopic (exact) mass is 264 g/mol. The number of ether oxygens (including phenoxy) is 1. The maximum Gasteiger partial charge on any atom is 0.150 e. The van der Waals surface area contributed by atoms with E-state index in [9.17, 15) is 4.79 Å². The molecular formula is C15H17ClO2. The predicted octanol–water partition coefficient (Wildman–Crippen LogP) is 4.42. The van der Waals surface area contributed by atoms with E-state index in [0.717, 1.165) is 19.1 Å². The molecular weight excluding hydrogens is 248 g/mol. The molecule has 96 valence electrons. The van der Waals surface area contributed by atoms with E-state index >= 15 is 0 Å². The highest BCUT2D eigenvalue weighted by Crippen LogP contribution is 2.27. The second-order valence-corrected chi connectivity index (χ2v) is 4.94. The van der Waals surface area contributed by atoms with E-state index in [1.165, 1.54) is 19.3 Å². The van der Waals surface area contributed by atoms with Crippen LogP contribution in [0.5, 0.6) is 5.75 Å². The van der Waals surface area contributed by atoms with Gasteiger partial charge in [0.2, 0.25) is 0 Å². The second kappa shape index (κ2) is 6.60. The van der Waals surface area contributed by atoms with Crippen LogP contribution in [0, 0.1) is 0 Å². The van der Waals surface area contributed by atoms with Crippen LogP contribution >= 0.6 is 11.6 Å². The van der Waals surface area contributed by atoms with E-state index in [2.05, 4.69) is 12.2 Å². The summed E-state index contributed by atoms with van der Waals surface area (Å²) in [6, 6.07) is 5.12. The highest BCUT2D eigenvalue weighted by molar-refractivity contribution is 6.32. The Morgan fingerprint density at radius 1 is 1.28 bits per heavy atom. The molecule has 0 saturated carbocycles. The van der Waals surface area contributed by atoms with E-state index < -0.39 is 0 Å². The van der Waals surface area contributed by atoms with E-state index in [4.69, 9.17) is 16.3 Å². The molecule has 0 heterocycles. The molecule has 1 unspecified atom stereocenters. The van der Waals surface area contributed by atoms with Crippen LogP contribution < -0.4 is 4.74 Å². The van der Waals surface area contributed by atoms with Crippen LogP contribution in [0.25, 0.3) is 0 Å². The number of hydrogen-bond donors (Lipinski definition) is 0. The molecule has 0 aromatic heterocycles. The number of aldehydes is 1. The van der Waals surface area contributed by atoms with E-state index in [0.29, 0.717) is 16.3 Å². The van der Waals surface area contributed by atoms with Gasteiger partial charge in [0, 0.05) is 5.56 Å². The Balaban J connectivity index is 2.07. The predicted molar refractivity (Wildman–Crippen MR) is 73.5 cm³/mol. The number of carbonyl (C=O) groups excluding carboxylic acids is 1. The Morgan fingerprint density at radius 3 is 2.94 bits per heavy atom. The van der Waals surface area contributed by atoms with Crippen LogP contribution in [0.3, 0.4) is 0 Å². The maximum absolute atomic E-state index is 10.6. The number of carbonyl (C=O) groups is 1. The first kappa shape index (κ1) is 13.2. The molecule has 18 heavy (non-hydrogen) atoms. The van der Waals surface area contributed by atoms with Gasteiger partial charge in [-0.15, -0.1) is 0 Å². The van der Waals surface area contributed by atoms with Crippen molar-refractivity contribution in [2.24, 2.45) is 0 Å². The molecule has 1 aromatic rings. The van der Waals surface area contributed by atoms with Crippen LogP contribution in [-0.2, 0) is 0 Å². The van der Waals surface area contributed by atoms with Gasteiger partial charge in [0.25, 0.3) is 0 Å². The lowest BCUT2D eigenvalue weighted by molar-refractivity contribution is 0.112. The highest BCUT2D eigenvalue weighted by atomic mass is 35.5. The summed E-state index contributed by atoms with van der Waals surface area (Å²) in [5.41, 5.74) is 0.570. The number of halogens is 1. The smallest absolute Gasteiger partial charge is 0.150 e. The standard InChI is InChI=1S/C15H17ClO2/c16-14-10-12(11-17)8-9-15(14)18-13-6-4-2-1-3-5-7-13/h4,6,8-11,13H,1-3,5,7H2/b6-4+. The third kappa shape index (κ3) is 3.61. The molecule has 0 N–H and O–H groups in total. The Hall–Kier alpha value is -1.28. The highest BCUT2D eigenvalue weighted by Gasteiger charge is 2.11. The van der Waals surface area contributed by atoms with Crippen LogP contribution in [0.1, 0.15) is 42.5 Å². The topological polar surface area (TPSA) is 26.3 Å². The van der Waals surface area contributed by atoms with Crippen molar-refractivity contribution < 1.29 is 9.53 Å². The number of rotatable bonds is 3. The van der Waals surface area contributed by atoms with Gasteiger partial charge in [-0.2, -0.15) is 0 Å². The number of hydrogen-bond acceptors (Lipinski definition) is 2. The van der Waals surface area contributed by atoms with Gasteiger partial charge in [-0.1, -0.05) is 24.1 Å². The Bertz CT molecular complexity index is 440. The summed E-state index contributed by atoms with van der Waals surface area (Å²) in [6.45, 7) is 0. The first-order valence-corrected chi connectivity index (χ1v) is 6.75. The van der Waals surface area contributed by atoms with E-state index in [-0.39, 0.29) is 6.10 Å². The number of allylic oxidation sites excluding steroid dienone is 1. The molecule has 0 bridgehead atoms. The van der Waals surface area contributed by atoms with Gasteiger partial charge in [0.05, 0.1) is 5.02 Å². The molecule has 1 aromatic carbocycles. The first-order chi connectivity index (χ1) is 8.79. The molecule has 2 nitrogen and oxygen atoms in total. The Labute approximate surface area is 113 Å². The largest absolute Gasteiger partial charge is 0.485 e. The zero-order valence-electron chi connectivity index (χ0n) is 10.3. The van der Waals surface area contributed by atoms with Crippen LogP contribution in [0.2, 0.25) is 5.02 Å². The lowest BCUT2D eigenvalue weighted by atomic mass is 10.0. The van der Waals surface area contributed by atoms with Gasteiger partial charge in [-0.3, -0.25) is 4.79 Å². The fourth-order valence-corrected chi connectivity index (χ4v) is 2.31. The fourth-order valence-electron chi connectivity index (χ4n) is 2.08. The zero-order chi connectivity index (χ0) is 12.8. The minimum Gasteiger partial charge on any atom is -0.485 e. The third-order valence-electron chi connectivity index (χ3n) is 3.08. The van der Waals surface area contributed by atoms with Crippen molar-refractivity contribution in [3.63, 3.8) is 0 Å². The number of benzene rings is 1. The molecule has 0 spiro atoms. The molecule has 0 fully saturated rings. The Morgan fingerprint density at radius 2 is 2.17 bits per heavy atom. The van der Waals surface area contributed by atoms with Crippen LogP contribution in [0.15, 0.2) is 30.4 Å². The van der Waals surface area contributed by atoms with E-state index in [1.807, 2.05) is 0 Å². The normalized spacial score (nSPS) is 21.7. The van der Waals surface area contributed by atoms with Crippen LogP contribution in [0.4, 0.5) is 0 Å². The molecule has 1 aliphatic rings. The Kier molecular flexibility index (Phi) is 4.82. The SMILES string of the molecule is O=Cc1ccc(OC2/C=C/CCCCC2)c(Cl)c1. The summed E-state index contributed by atoms with van der Waals surface area (Å²) in [5.74, 6) is 0.650. The molecule has 1 aliphatic carbocycles. The van der Waals surface area contributed by atoms with Crippen LogP contribution in [-0.4, -0.2) is 12.4 Å². The average molecular weight is 265 g/mol. The van der Waals surface area contributed by atoms with Crippen molar-refractivity contribution in [1.29, 1.82) is 0 Å². The molecule has 0 saturated heterocycles. The quantitative estimate of drug-likeness (QED) is 0.597. The minimum atomic E-state index is 0.0879. The summed E-state index contributed by atoms with van der Waals surface area (Å²) in [5, 5.41) is 0.495. The van der Waals surface area contributed by atoms with Gasteiger partial charge in [-0.05, 0) is 50.0 Å². The second-order valence-electron chi connectivity index (χ2n) is 4.53. The minimum absolute atomic E-state index is 0.0879. The van der Waals surface area contributed by atoms with Gasteiger partial charge in [0.1, 0.15) is 18.1 Å². The lowest BCUT2D eigenvalue weighted by Gasteiger charge is -2.18. The lowest BCUT2D eigenvalue weighted by Crippen LogP contribution is -2.14.